The Morgan fingerprint density at radius 1 is 1.23 bits per heavy atom. The summed E-state index contributed by atoms with van der Waals surface area (Å²) >= 11 is 0. The molecular formula is C18H29ClN2O. The molecule has 124 valence electrons. The Kier molecular flexibility index (Phi) is 7.37. The molecule has 1 aliphatic carbocycles. The number of benzene rings is 1. The molecule has 4 heteroatoms. The van der Waals surface area contributed by atoms with Crippen molar-refractivity contribution in [2.75, 3.05) is 13.6 Å². The normalized spacial score (nSPS) is 16.7. The van der Waals surface area contributed by atoms with Crippen LogP contribution in [0.2, 0.25) is 0 Å². The summed E-state index contributed by atoms with van der Waals surface area (Å²) in [4.78, 5) is 14.4. The van der Waals surface area contributed by atoms with Crippen molar-refractivity contribution in [3.8, 4) is 0 Å². The summed E-state index contributed by atoms with van der Waals surface area (Å²) in [5.41, 5.74) is 8.50. The highest BCUT2D eigenvalue weighted by Crippen LogP contribution is 2.38. The fourth-order valence-corrected chi connectivity index (χ4v) is 3.34. The van der Waals surface area contributed by atoms with Crippen LogP contribution in [0.25, 0.3) is 0 Å². The van der Waals surface area contributed by atoms with Crippen LogP contribution in [0.5, 0.6) is 0 Å². The van der Waals surface area contributed by atoms with E-state index in [4.69, 9.17) is 5.73 Å². The third-order valence-electron chi connectivity index (χ3n) is 4.97. The van der Waals surface area contributed by atoms with Crippen LogP contribution in [0.3, 0.4) is 0 Å². The van der Waals surface area contributed by atoms with Gasteiger partial charge >= 0.3 is 0 Å². The number of rotatable bonds is 5. The number of hydrogen-bond acceptors (Lipinski definition) is 2. The van der Waals surface area contributed by atoms with E-state index in [-0.39, 0.29) is 23.7 Å². The van der Waals surface area contributed by atoms with Crippen molar-refractivity contribution in [1.29, 1.82) is 0 Å². The topological polar surface area (TPSA) is 46.3 Å². The third kappa shape index (κ3) is 4.72. The van der Waals surface area contributed by atoms with Crippen molar-refractivity contribution >= 4 is 18.3 Å². The van der Waals surface area contributed by atoms with Gasteiger partial charge in [-0.25, -0.2) is 0 Å². The van der Waals surface area contributed by atoms with Crippen LogP contribution in [0.4, 0.5) is 0 Å². The standard InChI is InChI=1S/C18H28N2O.ClH/c1-15-8-4-5-9-16(15)13-20(2)17(21)12-18(14-19)10-6-3-7-11-18;/h4-5,8-9H,3,6-7,10-14,19H2,1-2H3;1H. The molecule has 1 saturated carbocycles. The molecule has 0 aromatic heterocycles. The minimum atomic E-state index is 0. The summed E-state index contributed by atoms with van der Waals surface area (Å²) in [5, 5.41) is 0. The molecule has 0 radical (unpaired) electrons. The Bertz CT molecular complexity index is 484. The van der Waals surface area contributed by atoms with E-state index in [0.29, 0.717) is 19.5 Å². The van der Waals surface area contributed by atoms with E-state index in [1.54, 1.807) is 0 Å². The van der Waals surface area contributed by atoms with Crippen LogP contribution in [-0.4, -0.2) is 24.4 Å². The predicted molar refractivity (Wildman–Crippen MR) is 94.1 cm³/mol. The SMILES string of the molecule is Cc1ccccc1CN(C)C(=O)CC1(CN)CCCCC1.Cl. The van der Waals surface area contributed by atoms with Crippen molar-refractivity contribution < 1.29 is 4.79 Å². The molecule has 1 aliphatic rings. The monoisotopic (exact) mass is 324 g/mol. The van der Waals surface area contributed by atoms with Gasteiger partial charge in [-0.15, -0.1) is 12.4 Å². The molecule has 0 saturated heterocycles. The largest absolute Gasteiger partial charge is 0.341 e. The number of carbonyl (C=O) groups excluding carboxylic acids is 1. The van der Waals surface area contributed by atoms with Gasteiger partial charge in [-0.2, -0.15) is 0 Å². The predicted octanol–water partition coefficient (Wildman–Crippen LogP) is 3.67. The van der Waals surface area contributed by atoms with Crippen molar-refractivity contribution in [3.63, 3.8) is 0 Å². The van der Waals surface area contributed by atoms with Crippen LogP contribution >= 0.6 is 12.4 Å². The zero-order valence-electron chi connectivity index (χ0n) is 13.8. The van der Waals surface area contributed by atoms with Crippen molar-refractivity contribution in [1.82, 2.24) is 4.90 Å². The van der Waals surface area contributed by atoms with Gasteiger partial charge < -0.3 is 10.6 Å². The van der Waals surface area contributed by atoms with Crippen LogP contribution in [0, 0.1) is 12.3 Å². The minimum absolute atomic E-state index is 0. The molecule has 1 aromatic carbocycles. The highest BCUT2D eigenvalue weighted by Gasteiger charge is 2.33. The van der Waals surface area contributed by atoms with Crippen molar-refractivity contribution in [2.45, 2.75) is 52.0 Å². The Morgan fingerprint density at radius 3 is 2.45 bits per heavy atom. The summed E-state index contributed by atoms with van der Waals surface area (Å²) in [6.45, 7) is 3.42. The highest BCUT2D eigenvalue weighted by molar-refractivity contribution is 5.85. The summed E-state index contributed by atoms with van der Waals surface area (Å²) < 4.78 is 0. The molecule has 0 spiro atoms. The second-order valence-electron chi connectivity index (χ2n) is 6.62. The Labute approximate surface area is 140 Å². The van der Waals surface area contributed by atoms with Gasteiger partial charge in [0, 0.05) is 20.0 Å². The van der Waals surface area contributed by atoms with Crippen LogP contribution < -0.4 is 5.73 Å². The van der Waals surface area contributed by atoms with E-state index in [9.17, 15) is 4.79 Å². The Morgan fingerprint density at radius 2 is 1.86 bits per heavy atom. The van der Waals surface area contributed by atoms with Crippen molar-refractivity contribution in [2.24, 2.45) is 11.1 Å². The number of halogens is 1. The summed E-state index contributed by atoms with van der Waals surface area (Å²) in [6.07, 6.45) is 6.53. The molecule has 0 unspecified atom stereocenters. The smallest absolute Gasteiger partial charge is 0.223 e. The van der Waals surface area contributed by atoms with E-state index in [1.165, 1.54) is 30.4 Å². The van der Waals surface area contributed by atoms with Gasteiger partial charge in [0.2, 0.25) is 5.91 Å². The first-order chi connectivity index (χ1) is 10.1. The number of amides is 1. The van der Waals surface area contributed by atoms with Gasteiger partial charge in [-0.05, 0) is 42.9 Å². The summed E-state index contributed by atoms with van der Waals surface area (Å²) in [7, 11) is 1.90. The maximum atomic E-state index is 12.6. The highest BCUT2D eigenvalue weighted by atomic mass is 35.5. The Balaban J connectivity index is 0.00000242. The van der Waals surface area contributed by atoms with Gasteiger partial charge in [0.15, 0.2) is 0 Å². The first-order valence-electron chi connectivity index (χ1n) is 8.05. The molecule has 3 nitrogen and oxygen atoms in total. The molecule has 0 atom stereocenters. The summed E-state index contributed by atoms with van der Waals surface area (Å²) in [6, 6.07) is 8.25. The average Bonchev–Trinajstić information content (AvgIpc) is 2.50. The molecule has 0 aliphatic heterocycles. The number of nitrogens with zero attached hydrogens (tertiary/aromatic N) is 1. The lowest BCUT2D eigenvalue weighted by Gasteiger charge is -2.36. The molecular weight excluding hydrogens is 296 g/mol. The molecule has 1 fully saturated rings. The number of carbonyl (C=O) groups is 1. The molecule has 22 heavy (non-hydrogen) atoms. The number of nitrogens with two attached hydrogens (primary N) is 1. The molecule has 2 rings (SSSR count). The Hall–Kier alpha value is -1.06. The van der Waals surface area contributed by atoms with Gasteiger partial charge in [0.25, 0.3) is 0 Å². The number of aryl methyl sites for hydroxylation is 1. The molecule has 1 aromatic rings. The zero-order chi connectivity index (χ0) is 15.3. The lowest BCUT2D eigenvalue weighted by Crippen LogP contribution is -2.39. The maximum Gasteiger partial charge on any atom is 0.223 e. The average molecular weight is 325 g/mol. The number of hydrogen-bond donors (Lipinski definition) is 1. The second-order valence-corrected chi connectivity index (χ2v) is 6.62. The van der Waals surface area contributed by atoms with Crippen LogP contribution in [0.1, 0.15) is 49.7 Å². The van der Waals surface area contributed by atoms with Gasteiger partial charge in [-0.1, -0.05) is 43.5 Å². The first-order valence-corrected chi connectivity index (χ1v) is 8.05. The molecule has 0 bridgehead atoms. The van der Waals surface area contributed by atoms with Gasteiger partial charge in [-0.3, -0.25) is 4.79 Å². The fraction of sp³-hybridized carbons (Fsp3) is 0.611. The lowest BCUT2D eigenvalue weighted by molar-refractivity contribution is -0.133. The minimum Gasteiger partial charge on any atom is -0.341 e. The van der Waals surface area contributed by atoms with Crippen molar-refractivity contribution in [3.05, 3.63) is 35.4 Å². The lowest BCUT2D eigenvalue weighted by atomic mass is 9.71. The molecule has 0 heterocycles. The quantitative estimate of drug-likeness (QED) is 0.898. The van der Waals surface area contributed by atoms with Crippen LogP contribution in [-0.2, 0) is 11.3 Å². The van der Waals surface area contributed by atoms with Gasteiger partial charge in [0.05, 0.1) is 0 Å². The second kappa shape index (κ2) is 8.54. The first kappa shape index (κ1) is 19.0. The van der Waals surface area contributed by atoms with Gasteiger partial charge in [0.1, 0.15) is 0 Å². The fourth-order valence-electron chi connectivity index (χ4n) is 3.34. The third-order valence-corrected chi connectivity index (χ3v) is 4.97. The van der Waals surface area contributed by atoms with E-state index < -0.39 is 0 Å². The van der Waals surface area contributed by atoms with E-state index in [1.807, 2.05) is 24.1 Å². The summed E-state index contributed by atoms with van der Waals surface area (Å²) in [5.74, 6) is 0.227. The zero-order valence-corrected chi connectivity index (χ0v) is 14.6. The molecule has 2 N–H and O–H groups in total. The maximum absolute atomic E-state index is 12.6. The molecule has 1 amide bonds. The van der Waals surface area contributed by atoms with E-state index in [0.717, 1.165) is 12.8 Å². The van der Waals surface area contributed by atoms with E-state index in [2.05, 4.69) is 19.1 Å². The van der Waals surface area contributed by atoms with Crippen LogP contribution in [0.15, 0.2) is 24.3 Å². The van der Waals surface area contributed by atoms with E-state index >= 15 is 0 Å².